The van der Waals surface area contributed by atoms with Gasteiger partial charge in [0.15, 0.2) is 4.96 Å². The highest BCUT2D eigenvalue weighted by molar-refractivity contribution is 7.15. The zero-order chi connectivity index (χ0) is 22.7. The van der Waals surface area contributed by atoms with Crippen LogP contribution in [0.5, 0.6) is 0 Å². The third-order valence-electron chi connectivity index (χ3n) is 5.30. The number of carbonyl (C=O) groups excluding carboxylic acids is 1. The standard InChI is InChI=1S/C25H30N4O2S/c1-25(2,3)27-23(30)28(13-14-31-4)12-11-21-17-32-24-26-22(16-29(21)24)20-10-9-18-7-5-6-8-19(18)15-20/h5-10,15-17H,11-14H2,1-4H3,(H,27,30). The van der Waals surface area contributed by atoms with Crippen molar-refractivity contribution in [3.63, 3.8) is 0 Å². The Hall–Kier alpha value is -2.90. The van der Waals surface area contributed by atoms with Crippen LogP contribution in [0.1, 0.15) is 26.5 Å². The number of nitrogens with zero attached hydrogens (tertiary/aromatic N) is 3. The number of amides is 2. The van der Waals surface area contributed by atoms with Gasteiger partial charge in [-0.1, -0.05) is 36.4 Å². The van der Waals surface area contributed by atoms with Crippen molar-refractivity contribution in [2.24, 2.45) is 0 Å². The van der Waals surface area contributed by atoms with Gasteiger partial charge in [0.1, 0.15) is 0 Å². The molecule has 0 bridgehead atoms. The first-order valence-electron chi connectivity index (χ1n) is 10.8. The van der Waals surface area contributed by atoms with Crippen molar-refractivity contribution in [1.82, 2.24) is 19.6 Å². The second-order valence-corrected chi connectivity index (χ2v) is 9.81. The summed E-state index contributed by atoms with van der Waals surface area (Å²) in [7, 11) is 1.65. The molecular weight excluding hydrogens is 420 g/mol. The van der Waals surface area contributed by atoms with Crippen LogP contribution in [0.4, 0.5) is 4.79 Å². The van der Waals surface area contributed by atoms with E-state index in [0.29, 0.717) is 19.7 Å². The van der Waals surface area contributed by atoms with Gasteiger partial charge in [0.05, 0.1) is 12.3 Å². The van der Waals surface area contributed by atoms with E-state index in [1.54, 1.807) is 18.4 Å². The van der Waals surface area contributed by atoms with Gasteiger partial charge < -0.3 is 15.0 Å². The second-order valence-electron chi connectivity index (χ2n) is 8.98. The lowest BCUT2D eigenvalue weighted by Gasteiger charge is -2.28. The SMILES string of the molecule is COCCN(CCc1csc2nc(-c3ccc4ccccc4c3)cn12)C(=O)NC(C)(C)C. The fourth-order valence-corrected chi connectivity index (χ4v) is 4.57. The first-order chi connectivity index (χ1) is 15.3. The Kier molecular flexibility index (Phi) is 6.48. The number of hydrogen-bond donors (Lipinski definition) is 1. The summed E-state index contributed by atoms with van der Waals surface area (Å²) < 4.78 is 7.35. The van der Waals surface area contributed by atoms with Gasteiger partial charge in [0.25, 0.3) is 0 Å². The maximum Gasteiger partial charge on any atom is 0.317 e. The average molecular weight is 451 g/mol. The van der Waals surface area contributed by atoms with Gasteiger partial charge in [-0.05, 0) is 37.6 Å². The molecule has 0 fully saturated rings. The fraction of sp³-hybridized carbons (Fsp3) is 0.360. The van der Waals surface area contributed by atoms with Crippen molar-refractivity contribution in [2.45, 2.75) is 32.7 Å². The number of nitrogens with one attached hydrogen (secondary N) is 1. The molecule has 32 heavy (non-hydrogen) atoms. The van der Waals surface area contributed by atoms with Gasteiger partial charge in [-0.2, -0.15) is 0 Å². The minimum absolute atomic E-state index is 0.0662. The maximum atomic E-state index is 12.7. The summed E-state index contributed by atoms with van der Waals surface area (Å²) in [6.45, 7) is 7.64. The summed E-state index contributed by atoms with van der Waals surface area (Å²) in [6.07, 6.45) is 2.84. The van der Waals surface area contributed by atoms with Crippen molar-refractivity contribution in [1.29, 1.82) is 0 Å². The number of rotatable bonds is 7. The second kappa shape index (κ2) is 9.30. The number of methoxy groups -OCH3 is 1. The molecule has 0 aliphatic rings. The average Bonchev–Trinajstić information content (AvgIpc) is 3.33. The molecule has 0 spiro atoms. The number of aromatic nitrogens is 2. The Morgan fingerprint density at radius 2 is 1.94 bits per heavy atom. The van der Waals surface area contributed by atoms with E-state index in [1.165, 1.54) is 10.8 Å². The first kappa shape index (κ1) is 22.3. The van der Waals surface area contributed by atoms with Crippen LogP contribution in [0, 0.1) is 0 Å². The van der Waals surface area contributed by atoms with Crippen LogP contribution >= 0.6 is 11.3 Å². The molecule has 2 heterocycles. The molecule has 0 saturated carbocycles. The highest BCUT2D eigenvalue weighted by atomic mass is 32.1. The Labute approximate surface area is 192 Å². The zero-order valence-corrected chi connectivity index (χ0v) is 19.9. The number of benzene rings is 2. The van der Waals surface area contributed by atoms with Crippen molar-refractivity contribution in [3.05, 3.63) is 59.7 Å². The topological polar surface area (TPSA) is 58.9 Å². The highest BCUT2D eigenvalue weighted by Gasteiger charge is 2.20. The number of carbonyl (C=O) groups is 1. The number of fused-ring (bicyclic) bond motifs is 2. The van der Waals surface area contributed by atoms with Crippen LogP contribution in [0.25, 0.3) is 27.0 Å². The van der Waals surface area contributed by atoms with E-state index in [9.17, 15) is 4.79 Å². The Morgan fingerprint density at radius 1 is 1.16 bits per heavy atom. The molecule has 0 radical (unpaired) electrons. The largest absolute Gasteiger partial charge is 0.383 e. The van der Waals surface area contributed by atoms with Crippen LogP contribution in [0.15, 0.2) is 54.0 Å². The number of hydrogen-bond acceptors (Lipinski definition) is 4. The van der Waals surface area contributed by atoms with E-state index in [0.717, 1.165) is 28.3 Å². The molecule has 4 rings (SSSR count). The number of urea groups is 1. The number of imidazole rings is 1. The summed E-state index contributed by atoms with van der Waals surface area (Å²) in [6, 6.07) is 14.7. The first-order valence-corrected chi connectivity index (χ1v) is 11.7. The molecule has 2 amide bonds. The molecule has 2 aromatic heterocycles. The number of ether oxygens (including phenoxy) is 1. The van der Waals surface area contributed by atoms with Crippen molar-refractivity contribution < 1.29 is 9.53 Å². The predicted molar refractivity (Wildman–Crippen MR) is 131 cm³/mol. The molecule has 168 valence electrons. The van der Waals surface area contributed by atoms with E-state index in [4.69, 9.17) is 9.72 Å². The van der Waals surface area contributed by atoms with Gasteiger partial charge in [-0.15, -0.1) is 11.3 Å². The lowest BCUT2D eigenvalue weighted by Crippen LogP contribution is -2.49. The Balaban J connectivity index is 1.52. The summed E-state index contributed by atoms with van der Waals surface area (Å²) in [4.78, 5) is 20.3. The van der Waals surface area contributed by atoms with E-state index >= 15 is 0 Å². The quantitative estimate of drug-likeness (QED) is 0.420. The predicted octanol–water partition coefficient (Wildman–Crippen LogP) is 5.22. The molecular formula is C25H30N4O2S. The third-order valence-corrected chi connectivity index (χ3v) is 6.19. The van der Waals surface area contributed by atoms with Gasteiger partial charge in [-0.25, -0.2) is 9.78 Å². The van der Waals surface area contributed by atoms with Crippen LogP contribution < -0.4 is 5.32 Å². The number of thiazole rings is 1. The van der Waals surface area contributed by atoms with Crippen molar-refractivity contribution in [2.75, 3.05) is 26.8 Å². The molecule has 2 aromatic carbocycles. The smallest absolute Gasteiger partial charge is 0.317 e. The third kappa shape index (κ3) is 5.11. The van der Waals surface area contributed by atoms with Gasteiger partial charge in [0, 0.05) is 55.0 Å². The molecule has 4 aromatic rings. The van der Waals surface area contributed by atoms with E-state index in [1.807, 2.05) is 25.7 Å². The molecule has 7 heteroatoms. The Morgan fingerprint density at radius 3 is 2.69 bits per heavy atom. The van der Waals surface area contributed by atoms with Crippen molar-refractivity contribution >= 4 is 33.1 Å². The molecule has 6 nitrogen and oxygen atoms in total. The van der Waals surface area contributed by atoms with E-state index < -0.39 is 0 Å². The van der Waals surface area contributed by atoms with Gasteiger partial charge >= 0.3 is 6.03 Å². The van der Waals surface area contributed by atoms with E-state index in [2.05, 4.69) is 63.8 Å². The summed E-state index contributed by atoms with van der Waals surface area (Å²) in [5, 5.41) is 7.61. The summed E-state index contributed by atoms with van der Waals surface area (Å²) >= 11 is 1.63. The molecule has 1 N–H and O–H groups in total. The molecule has 0 atom stereocenters. The van der Waals surface area contributed by atoms with Crippen LogP contribution in [0.2, 0.25) is 0 Å². The van der Waals surface area contributed by atoms with Crippen LogP contribution in [0.3, 0.4) is 0 Å². The van der Waals surface area contributed by atoms with E-state index in [-0.39, 0.29) is 11.6 Å². The molecule has 0 saturated heterocycles. The van der Waals surface area contributed by atoms with Crippen LogP contribution in [-0.4, -0.2) is 52.7 Å². The Bertz CT molecular complexity index is 1220. The highest BCUT2D eigenvalue weighted by Crippen LogP contribution is 2.27. The van der Waals surface area contributed by atoms with Gasteiger partial charge in [-0.3, -0.25) is 4.40 Å². The monoisotopic (exact) mass is 450 g/mol. The molecule has 0 unspecified atom stereocenters. The maximum absolute atomic E-state index is 12.7. The molecule has 0 aliphatic carbocycles. The molecule has 0 aliphatic heterocycles. The lowest BCUT2D eigenvalue weighted by atomic mass is 10.1. The lowest BCUT2D eigenvalue weighted by molar-refractivity contribution is 0.145. The fourth-order valence-electron chi connectivity index (χ4n) is 3.66. The minimum Gasteiger partial charge on any atom is -0.383 e. The minimum atomic E-state index is -0.281. The van der Waals surface area contributed by atoms with Crippen molar-refractivity contribution in [3.8, 4) is 11.3 Å². The zero-order valence-electron chi connectivity index (χ0n) is 19.1. The summed E-state index contributed by atoms with van der Waals surface area (Å²) in [5.74, 6) is 0. The normalized spacial score (nSPS) is 11.9. The summed E-state index contributed by atoms with van der Waals surface area (Å²) in [5.41, 5.74) is 2.94. The van der Waals surface area contributed by atoms with Gasteiger partial charge in [0.2, 0.25) is 0 Å². The van der Waals surface area contributed by atoms with Crippen LogP contribution in [-0.2, 0) is 11.2 Å².